The first kappa shape index (κ1) is 17.5. The monoisotopic (exact) mass is 368 g/mol. The molecule has 0 radical (unpaired) electrons. The molecule has 2 heterocycles. The zero-order valence-corrected chi connectivity index (χ0v) is 14.4. The van der Waals surface area contributed by atoms with Gasteiger partial charge in [-0.15, -0.1) is 0 Å². The third-order valence-electron chi connectivity index (χ3n) is 3.94. The van der Waals surface area contributed by atoms with Gasteiger partial charge in [0.2, 0.25) is 5.88 Å². The maximum absolute atomic E-state index is 10.5. The molecule has 1 aliphatic rings. The van der Waals surface area contributed by atoms with Gasteiger partial charge in [0.05, 0.1) is 35.4 Å². The molecule has 5 nitrogen and oxygen atoms in total. The van der Waals surface area contributed by atoms with Crippen molar-refractivity contribution in [1.29, 1.82) is 0 Å². The summed E-state index contributed by atoms with van der Waals surface area (Å²) in [6, 6.07) is 7.88. The Kier molecular flexibility index (Phi) is 5.58. The molecule has 1 saturated heterocycles. The van der Waals surface area contributed by atoms with Crippen molar-refractivity contribution in [2.75, 3.05) is 13.2 Å². The third-order valence-corrected chi connectivity index (χ3v) is 4.68. The normalized spacial score (nSPS) is 19.9. The van der Waals surface area contributed by atoms with Gasteiger partial charge >= 0.3 is 0 Å². The number of pyridine rings is 1. The lowest BCUT2D eigenvalue weighted by Crippen LogP contribution is -2.20. The number of ether oxygens (including phenoxy) is 2. The topological polar surface area (TPSA) is 77.6 Å². The first-order valence-electron chi connectivity index (χ1n) is 7.63. The zero-order valence-electron chi connectivity index (χ0n) is 12.9. The number of halogens is 2. The highest BCUT2D eigenvalue weighted by Crippen LogP contribution is 2.31. The van der Waals surface area contributed by atoms with E-state index in [1.807, 2.05) is 0 Å². The quantitative estimate of drug-likeness (QED) is 0.846. The van der Waals surface area contributed by atoms with Gasteiger partial charge in [-0.25, -0.2) is 4.98 Å². The van der Waals surface area contributed by atoms with Gasteiger partial charge in [0.15, 0.2) is 0 Å². The van der Waals surface area contributed by atoms with Crippen LogP contribution in [0.15, 0.2) is 36.5 Å². The first-order valence-corrected chi connectivity index (χ1v) is 8.39. The van der Waals surface area contributed by atoms with Gasteiger partial charge in [-0.3, -0.25) is 0 Å². The van der Waals surface area contributed by atoms with E-state index in [1.165, 1.54) is 0 Å². The van der Waals surface area contributed by atoms with E-state index in [0.717, 1.165) is 6.42 Å². The highest BCUT2D eigenvalue weighted by atomic mass is 35.5. The van der Waals surface area contributed by atoms with Crippen molar-refractivity contribution in [2.45, 2.75) is 24.7 Å². The molecule has 3 atom stereocenters. The largest absolute Gasteiger partial charge is 0.472 e. The fourth-order valence-corrected chi connectivity index (χ4v) is 2.83. The van der Waals surface area contributed by atoms with Crippen LogP contribution in [0, 0.1) is 0 Å². The molecule has 1 aromatic carbocycles. The molecule has 1 aliphatic heterocycles. The summed E-state index contributed by atoms with van der Waals surface area (Å²) >= 11 is 11.9. The van der Waals surface area contributed by atoms with E-state index in [4.69, 9.17) is 38.4 Å². The van der Waals surface area contributed by atoms with E-state index in [1.54, 1.807) is 36.5 Å². The Bertz CT molecular complexity index is 691. The molecule has 0 aliphatic carbocycles. The number of hydrogen-bond donors (Lipinski definition) is 2. The van der Waals surface area contributed by atoms with Crippen molar-refractivity contribution in [3.8, 4) is 5.88 Å². The Labute approximate surface area is 150 Å². The Morgan fingerprint density at radius 3 is 2.62 bits per heavy atom. The second kappa shape index (κ2) is 7.68. The smallest absolute Gasteiger partial charge is 0.213 e. The molecular weight excluding hydrogens is 351 g/mol. The van der Waals surface area contributed by atoms with Crippen molar-refractivity contribution in [1.82, 2.24) is 4.98 Å². The van der Waals surface area contributed by atoms with Crippen LogP contribution in [-0.2, 0) is 4.74 Å². The second-order valence-electron chi connectivity index (χ2n) is 5.68. The van der Waals surface area contributed by atoms with Crippen LogP contribution < -0.4 is 10.5 Å². The Hall–Kier alpha value is -1.37. The summed E-state index contributed by atoms with van der Waals surface area (Å²) in [5.74, 6) is 0.504. The van der Waals surface area contributed by atoms with Crippen molar-refractivity contribution in [3.05, 3.63) is 57.7 Å². The van der Waals surface area contributed by atoms with Gasteiger partial charge in [0.25, 0.3) is 0 Å². The Morgan fingerprint density at radius 2 is 2.00 bits per heavy atom. The van der Waals surface area contributed by atoms with Crippen molar-refractivity contribution in [3.63, 3.8) is 0 Å². The maximum atomic E-state index is 10.5. The predicted molar refractivity (Wildman–Crippen MR) is 92.4 cm³/mol. The van der Waals surface area contributed by atoms with Gasteiger partial charge < -0.3 is 20.3 Å². The number of benzene rings is 1. The van der Waals surface area contributed by atoms with Crippen LogP contribution in [0.5, 0.6) is 5.88 Å². The number of nitrogens with zero attached hydrogens (tertiary/aromatic N) is 1. The van der Waals surface area contributed by atoms with E-state index >= 15 is 0 Å². The van der Waals surface area contributed by atoms with E-state index in [2.05, 4.69) is 4.98 Å². The summed E-state index contributed by atoms with van der Waals surface area (Å²) in [5, 5.41) is 11.3. The molecule has 2 aromatic rings. The number of rotatable bonds is 5. The van der Waals surface area contributed by atoms with Crippen molar-refractivity contribution < 1.29 is 14.6 Å². The lowest BCUT2D eigenvalue weighted by atomic mass is 9.98. The summed E-state index contributed by atoms with van der Waals surface area (Å²) in [5.41, 5.74) is 7.43. The number of nitrogens with two attached hydrogens (primary N) is 1. The van der Waals surface area contributed by atoms with E-state index < -0.39 is 12.1 Å². The average Bonchev–Trinajstić information content (AvgIpc) is 3.10. The van der Waals surface area contributed by atoms with Crippen molar-refractivity contribution in [2.24, 2.45) is 5.73 Å². The number of aliphatic hydroxyl groups is 1. The lowest BCUT2D eigenvalue weighted by Gasteiger charge is -2.20. The number of aromatic nitrogens is 1. The number of hydrogen-bond acceptors (Lipinski definition) is 5. The summed E-state index contributed by atoms with van der Waals surface area (Å²) in [7, 11) is 0. The fraction of sp³-hybridized carbons (Fsp3) is 0.353. The minimum Gasteiger partial charge on any atom is -0.472 e. The van der Waals surface area contributed by atoms with Crippen LogP contribution in [0.25, 0.3) is 0 Å². The third kappa shape index (κ3) is 3.99. The molecule has 3 N–H and O–H groups in total. The SMILES string of the molecule is NC(c1ccc(Cl)c(Cl)c1)C(O)c1ccc(OC2CCOC2)nc1. The molecule has 0 amide bonds. The predicted octanol–water partition coefficient (Wildman–Crippen LogP) is 3.29. The molecule has 1 aromatic heterocycles. The molecule has 3 rings (SSSR count). The van der Waals surface area contributed by atoms with Gasteiger partial charge in [-0.05, 0) is 23.8 Å². The van der Waals surface area contributed by atoms with Gasteiger partial charge in [-0.2, -0.15) is 0 Å². The summed E-state index contributed by atoms with van der Waals surface area (Å²) in [6.07, 6.45) is 1.53. The summed E-state index contributed by atoms with van der Waals surface area (Å²) in [6.45, 7) is 1.29. The van der Waals surface area contributed by atoms with Crippen LogP contribution in [0.3, 0.4) is 0 Å². The van der Waals surface area contributed by atoms with Gasteiger partial charge in [0, 0.05) is 24.2 Å². The molecule has 24 heavy (non-hydrogen) atoms. The molecule has 1 fully saturated rings. The van der Waals surface area contributed by atoms with Crippen LogP contribution >= 0.6 is 23.2 Å². The summed E-state index contributed by atoms with van der Waals surface area (Å²) < 4.78 is 11.0. The van der Waals surface area contributed by atoms with Gasteiger partial charge in [-0.1, -0.05) is 29.3 Å². The standard InChI is InChI=1S/C17H18Cl2N2O3/c18-13-3-1-10(7-14(13)19)16(20)17(22)11-2-4-15(21-8-11)24-12-5-6-23-9-12/h1-4,7-8,12,16-17,22H,5-6,9,20H2. The molecule has 0 bridgehead atoms. The molecular formula is C17H18Cl2N2O3. The van der Waals surface area contributed by atoms with Gasteiger partial charge in [0.1, 0.15) is 6.10 Å². The van der Waals surface area contributed by atoms with E-state index in [0.29, 0.717) is 40.3 Å². The molecule has 7 heteroatoms. The van der Waals surface area contributed by atoms with E-state index in [-0.39, 0.29) is 6.10 Å². The second-order valence-corrected chi connectivity index (χ2v) is 6.49. The molecule has 128 valence electrons. The molecule has 0 spiro atoms. The minimum absolute atomic E-state index is 0.0340. The molecule has 0 saturated carbocycles. The van der Waals surface area contributed by atoms with Crippen LogP contribution in [0.4, 0.5) is 0 Å². The van der Waals surface area contributed by atoms with Crippen LogP contribution in [-0.4, -0.2) is 29.4 Å². The van der Waals surface area contributed by atoms with Crippen molar-refractivity contribution >= 4 is 23.2 Å². The lowest BCUT2D eigenvalue weighted by molar-refractivity contribution is 0.136. The average molecular weight is 369 g/mol. The fourth-order valence-electron chi connectivity index (χ4n) is 2.52. The molecule has 3 unspecified atom stereocenters. The Morgan fingerprint density at radius 1 is 1.21 bits per heavy atom. The first-order chi connectivity index (χ1) is 11.5. The highest BCUT2D eigenvalue weighted by Gasteiger charge is 2.21. The highest BCUT2D eigenvalue weighted by molar-refractivity contribution is 6.42. The Balaban J connectivity index is 1.69. The number of aliphatic hydroxyl groups excluding tert-OH is 1. The van der Waals surface area contributed by atoms with E-state index in [9.17, 15) is 5.11 Å². The maximum Gasteiger partial charge on any atom is 0.213 e. The van der Waals surface area contributed by atoms with Crippen LogP contribution in [0.2, 0.25) is 10.0 Å². The summed E-state index contributed by atoms with van der Waals surface area (Å²) in [4.78, 5) is 4.23. The van der Waals surface area contributed by atoms with Crippen LogP contribution in [0.1, 0.15) is 29.7 Å². The minimum atomic E-state index is -0.918. The zero-order chi connectivity index (χ0) is 17.1.